The van der Waals surface area contributed by atoms with Crippen molar-refractivity contribution in [3.05, 3.63) is 10.9 Å². The van der Waals surface area contributed by atoms with E-state index in [1.165, 1.54) is 11.3 Å². The zero-order valence-electron chi connectivity index (χ0n) is 12.0. The molecule has 6 heteroatoms. The number of nitrogens with one attached hydrogen (secondary N) is 2. The van der Waals surface area contributed by atoms with E-state index in [9.17, 15) is 4.79 Å². The van der Waals surface area contributed by atoms with Crippen LogP contribution in [0, 0.1) is 0 Å². The Labute approximate surface area is 119 Å². The maximum atomic E-state index is 11.8. The van der Waals surface area contributed by atoms with E-state index in [0.717, 1.165) is 30.9 Å². The van der Waals surface area contributed by atoms with Crippen molar-refractivity contribution in [2.45, 2.75) is 19.8 Å². The molecule has 19 heavy (non-hydrogen) atoms. The molecule has 1 aromatic heterocycles. The fourth-order valence-corrected chi connectivity index (χ4v) is 2.52. The van der Waals surface area contributed by atoms with Crippen LogP contribution in [0.5, 0.6) is 0 Å². The molecular weight excluding hydrogens is 260 g/mol. The summed E-state index contributed by atoms with van der Waals surface area (Å²) in [6, 6.07) is 1.83. The first kappa shape index (κ1) is 15.8. The van der Waals surface area contributed by atoms with Gasteiger partial charge >= 0.3 is 0 Å². The Morgan fingerprint density at radius 2 is 2.16 bits per heavy atom. The van der Waals surface area contributed by atoms with Crippen molar-refractivity contribution >= 4 is 27.9 Å². The molecule has 0 radical (unpaired) electrons. The van der Waals surface area contributed by atoms with Crippen molar-refractivity contribution < 1.29 is 4.79 Å². The van der Waals surface area contributed by atoms with E-state index in [1.54, 1.807) is 0 Å². The first-order chi connectivity index (χ1) is 9.04. The molecule has 0 aliphatic rings. The molecule has 5 nitrogen and oxygen atoms in total. The highest BCUT2D eigenvalue weighted by Crippen LogP contribution is 2.28. The van der Waals surface area contributed by atoms with Gasteiger partial charge in [0.15, 0.2) is 0 Å². The summed E-state index contributed by atoms with van der Waals surface area (Å²) < 4.78 is 0. The van der Waals surface area contributed by atoms with E-state index < -0.39 is 0 Å². The third kappa shape index (κ3) is 5.48. The van der Waals surface area contributed by atoms with Crippen LogP contribution in [0.2, 0.25) is 0 Å². The number of thiophene rings is 1. The molecule has 0 aromatic carbocycles. The largest absolute Gasteiger partial charge is 0.397 e. The van der Waals surface area contributed by atoms with Crippen LogP contribution in [0.25, 0.3) is 0 Å². The van der Waals surface area contributed by atoms with Gasteiger partial charge in [-0.25, -0.2) is 0 Å². The van der Waals surface area contributed by atoms with Crippen molar-refractivity contribution in [1.82, 2.24) is 10.2 Å². The molecule has 4 N–H and O–H groups in total. The number of anilines is 2. The van der Waals surface area contributed by atoms with Crippen molar-refractivity contribution in [2.24, 2.45) is 0 Å². The fraction of sp³-hybridized carbons (Fsp3) is 0.615. The highest BCUT2D eigenvalue weighted by Gasteiger charge is 2.13. The van der Waals surface area contributed by atoms with Crippen molar-refractivity contribution in [3.8, 4) is 0 Å². The minimum Gasteiger partial charge on any atom is -0.397 e. The number of carbonyl (C=O) groups is 1. The SMILES string of the molecule is CCCNC(=O)c1sc(NCCCN(C)C)cc1N. The summed E-state index contributed by atoms with van der Waals surface area (Å²) in [6.07, 6.45) is 1.98. The molecule has 1 rings (SSSR count). The van der Waals surface area contributed by atoms with Crippen LogP contribution < -0.4 is 16.4 Å². The second-order valence-electron chi connectivity index (χ2n) is 4.73. The van der Waals surface area contributed by atoms with Crippen LogP contribution in [0.1, 0.15) is 29.4 Å². The fourth-order valence-electron chi connectivity index (χ4n) is 1.60. The quantitative estimate of drug-likeness (QED) is 0.637. The number of hydrogen-bond acceptors (Lipinski definition) is 5. The van der Waals surface area contributed by atoms with Gasteiger partial charge in [-0.15, -0.1) is 11.3 Å². The summed E-state index contributed by atoms with van der Waals surface area (Å²) >= 11 is 1.42. The van der Waals surface area contributed by atoms with Gasteiger partial charge in [0, 0.05) is 13.1 Å². The summed E-state index contributed by atoms with van der Waals surface area (Å²) in [5.74, 6) is -0.0781. The number of nitrogens with two attached hydrogens (primary N) is 1. The average Bonchev–Trinajstić information content (AvgIpc) is 2.73. The third-order valence-electron chi connectivity index (χ3n) is 2.58. The third-order valence-corrected chi connectivity index (χ3v) is 3.69. The Hall–Kier alpha value is -1.27. The number of nitrogen functional groups attached to an aromatic ring is 1. The molecule has 108 valence electrons. The topological polar surface area (TPSA) is 70.4 Å². The van der Waals surface area contributed by atoms with Crippen LogP contribution in [0.15, 0.2) is 6.07 Å². The van der Waals surface area contributed by atoms with E-state index in [4.69, 9.17) is 5.73 Å². The monoisotopic (exact) mass is 284 g/mol. The van der Waals surface area contributed by atoms with Crippen LogP contribution in [-0.2, 0) is 0 Å². The number of nitrogens with zero attached hydrogens (tertiary/aromatic N) is 1. The minimum absolute atomic E-state index is 0.0781. The molecule has 0 saturated carbocycles. The van der Waals surface area contributed by atoms with E-state index >= 15 is 0 Å². The summed E-state index contributed by atoms with van der Waals surface area (Å²) in [6.45, 7) is 4.63. The number of hydrogen-bond donors (Lipinski definition) is 3. The van der Waals surface area contributed by atoms with E-state index in [0.29, 0.717) is 17.1 Å². The van der Waals surface area contributed by atoms with Gasteiger partial charge in [0.1, 0.15) is 4.88 Å². The molecule has 0 bridgehead atoms. The average molecular weight is 284 g/mol. The lowest BCUT2D eigenvalue weighted by Gasteiger charge is -2.09. The Bertz CT molecular complexity index is 403. The lowest BCUT2D eigenvalue weighted by molar-refractivity contribution is 0.0958. The standard InChI is InChI=1S/C13H24N4OS/c1-4-6-16-13(18)12-10(14)9-11(19-12)15-7-5-8-17(2)3/h9,15H,4-8,14H2,1-3H3,(H,16,18). The van der Waals surface area contributed by atoms with Crippen LogP contribution in [0.3, 0.4) is 0 Å². The number of amides is 1. The molecule has 1 amide bonds. The van der Waals surface area contributed by atoms with Crippen LogP contribution in [-0.4, -0.2) is 44.5 Å². The second kappa shape index (κ2) is 8.01. The van der Waals surface area contributed by atoms with Gasteiger partial charge < -0.3 is 21.3 Å². The molecule has 0 unspecified atom stereocenters. The van der Waals surface area contributed by atoms with Crippen molar-refractivity contribution in [1.29, 1.82) is 0 Å². The Balaban J connectivity index is 2.47. The molecule has 1 heterocycles. The molecule has 1 aromatic rings. The zero-order valence-corrected chi connectivity index (χ0v) is 12.8. The first-order valence-corrected chi connectivity index (χ1v) is 7.42. The van der Waals surface area contributed by atoms with Gasteiger partial charge in [-0.2, -0.15) is 0 Å². The van der Waals surface area contributed by atoms with Crippen molar-refractivity contribution in [2.75, 3.05) is 44.8 Å². The Kier molecular flexibility index (Phi) is 6.66. The molecule has 0 spiro atoms. The predicted molar refractivity (Wildman–Crippen MR) is 83.0 cm³/mol. The smallest absolute Gasteiger partial charge is 0.263 e. The van der Waals surface area contributed by atoms with Gasteiger partial charge in [0.2, 0.25) is 0 Å². The lowest BCUT2D eigenvalue weighted by atomic mass is 10.3. The maximum Gasteiger partial charge on any atom is 0.263 e. The normalized spacial score (nSPS) is 10.7. The summed E-state index contributed by atoms with van der Waals surface area (Å²) in [7, 11) is 4.11. The summed E-state index contributed by atoms with van der Waals surface area (Å²) in [4.78, 5) is 14.6. The number of rotatable bonds is 8. The van der Waals surface area contributed by atoms with Gasteiger partial charge in [0.05, 0.1) is 10.7 Å². The van der Waals surface area contributed by atoms with Gasteiger partial charge in [-0.3, -0.25) is 4.79 Å². The molecule has 0 saturated heterocycles. The molecule has 0 aliphatic carbocycles. The Morgan fingerprint density at radius 1 is 1.42 bits per heavy atom. The minimum atomic E-state index is -0.0781. The number of carbonyl (C=O) groups excluding carboxylic acids is 1. The first-order valence-electron chi connectivity index (χ1n) is 6.60. The molecule has 0 fully saturated rings. The molecule has 0 aliphatic heterocycles. The predicted octanol–water partition coefficient (Wildman–Crippen LogP) is 1.83. The van der Waals surface area contributed by atoms with E-state index in [-0.39, 0.29) is 5.91 Å². The second-order valence-corrected chi connectivity index (χ2v) is 5.79. The van der Waals surface area contributed by atoms with Gasteiger partial charge in [-0.1, -0.05) is 6.92 Å². The van der Waals surface area contributed by atoms with E-state index in [1.807, 2.05) is 13.0 Å². The molecular formula is C13H24N4OS. The maximum absolute atomic E-state index is 11.8. The zero-order chi connectivity index (χ0) is 14.3. The van der Waals surface area contributed by atoms with Crippen LogP contribution in [0.4, 0.5) is 10.7 Å². The lowest BCUT2D eigenvalue weighted by Crippen LogP contribution is -2.23. The van der Waals surface area contributed by atoms with E-state index in [2.05, 4.69) is 29.6 Å². The van der Waals surface area contributed by atoms with Crippen molar-refractivity contribution in [3.63, 3.8) is 0 Å². The Morgan fingerprint density at radius 3 is 2.79 bits per heavy atom. The van der Waals surface area contributed by atoms with Gasteiger partial charge in [0.25, 0.3) is 5.91 Å². The highest BCUT2D eigenvalue weighted by atomic mass is 32.1. The molecule has 0 atom stereocenters. The highest BCUT2D eigenvalue weighted by molar-refractivity contribution is 7.18. The van der Waals surface area contributed by atoms with Gasteiger partial charge in [-0.05, 0) is 39.5 Å². The summed E-state index contributed by atoms with van der Waals surface area (Å²) in [5, 5.41) is 7.10. The van der Waals surface area contributed by atoms with Crippen LogP contribution >= 0.6 is 11.3 Å². The summed E-state index contributed by atoms with van der Waals surface area (Å²) in [5.41, 5.74) is 6.42.